The number of carbonyl (C=O) groups is 1. The van der Waals surface area contributed by atoms with Gasteiger partial charge in [-0.15, -0.1) is 0 Å². The summed E-state index contributed by atoms with van der Waals surface area (Å²) in [5.74, 6) is 5.84. The van der Waals surface area contributed by atoms with Gasteiger partial charge in [0.05, 0.1) is 5.69 Å². The number of halogens is 1. The third-order valence-electron chi connectivity index (χ3n) is 5.62. The molecule has 0 bridgehead atoms. The molecule has 0 atom stereocenters. The molecule has 1 saturated heterocycles. The molecule has 0 spiro atoms. The van der Waals surface area contributed by atoms with Crippen molar-refractivity contribution in [2.75, 3.05) is 26.2 Å². The Kier molecular flexibility index (Phi) is 6.08. The van der Waals surface area contributed by atoms with Crippen LogP contribution in [0.15, 0.2) is 42.5 Å². The van der Waals surface area contributed by atoms with Gasteiger partial charge in [0, 0.05) is 56.8 Å². The summed E-state index contributed by atoms with van der Waals surface area (Å²) in [5.41, 5.74) is 2.91. The van der Waals surface area contributed by atoms with Gasteiger partial charge in [-0.3, -0.25) is 14.4 Å². The molecule has 1 aliphatic heterocycles. The third kappa shape index (κ3) is 4.35. The summed E-state index contributed by atoms with van der Waals surface area (Å²) in [7, 11) is 1.86. The molecule has 1 aromatic heterocycles. The molecular formula is C24H25ClN4O. The lowest BCUT2D eigenvalue weighted by Gasteiger charge is -2.20. The Morgan fingerprint density at radius 1 is 1.10 bits per heavy atom. The fourth-order valence-electron chi connectivity index (χ4n) is 3.94. The minimum Gasteiger partial charge on any atom is -0.331 e. The number of carbonyl (C=O) groups excluding carboxylic acids is 1. The average Bonchev–Trinajstić information content (AvgIpc) is 2.92. The zero-order valence-electron chi connectivity index (χ0n) is 17.4. The third-order valence-corrected chi connectivity index (χ3v) is 6.09. The van der Waals surface area contributed by atoms with Crippen LogP contribution in [-0.2, 0) is 18.4 Å². The first-order valence-corrected chi connectivity index (χ1v) is 10.6. The zero-order chi connectivity index (χ0) is 21.1. The lowest BCUT2D eigenvalue weighted by atomic mass is 10.1. The normalized spacial score (nSPS) is 15.0. The summed E-state index contributed by atoms with van der Waals surface area (Å²) in [6.07, 6.45) is 0.915. The molecule has 3 aromatic rings. The number of aryl methyl sites for hydroxylation is 2. The first-order chi connectivity index (χ1) is 14.5. The Labute approximate surface area is 182 Å². The molecule has 0 aliphatic carbocycles. The highest BCUT2D eigenvalue weighted by Crippen LogP contribution is 2.21. The van der Waals surface area contributed by atoms with E-state index in [0.717, 1.165) is 60.2 Å². The lowest BCUT2D eigenvalue weighted by Crippen LogP contribution is -2.34. The molecule has 0 N–H and O–H groups in total. The molecule has 6 heteroatoms. The van der Waals surface area contributed by atoms with Crippen molar-refractivity contribution < 1.29 is 4.79 Å². The van der Waals surface area contributed by atoms with Crippen molar-refractivity contribution in [2.45, 2.75) is 19.9 Å². The molecule has 0 unspecified atom stereocenters. The Morgan fingerprint density at radius 3 is 2.70 bits per heavy atom. The number of hydrogen-bond acceptors (Lipinski definition) is 3. The second-order valence-corrected chi connectivity index (χ2v) is 8.04. The summed E-state index contributed by atoms with van der Waals surface area (Å²) in [6.45, 7) is 5.84. The highest BCUT2D eigenvalue weighted by molar-refractivity contribution is 6.30. The van der Waals surface area contributed by atoms with E-state index < -0.39 is 0 Å². The Balaban J connectivity index is 1.42. The summed E-state index contributed by atoms with van der Waals surface area (Å²) >= 11 is 6.39. The van der Waals surface area contributed by atoms with E-state index in [2.05, 4.69) is 34.0 Å². The van der Waals surface area contributed by atoms with Crippen molar-refractivity contribution in [1.82, 2.24) is 19.6 Å². The lowest BCUT2D eigenvalue weighted by molar-refractivity contribution is -0.125. The molecular weight excluding hydrogens is 396 g/mol. The molecule has 1 fully saturated rings. The van der Waals surface area contributed by atoms with Gasteiger partial charge in [0.2, 0.25) is 0 Å². The van der Waals surface area contributed by atoms with Crippen LogP contribution in [0.25, 0.3) is 10.8 Å². The number of aromatic nitrogens is 2. The maximum absolute atomic E-state index is 12.7. The SMILES string of the molecule is Cc1nn(C)c(Cl)c1CN1CCCN(C(=O)C#Cc2cccc3ccccc23)CC1. The van der Waals surface area contributed by atoms with Gasteiger partial charge in [0.1, 0.15) is 5.15 Å². The molecule has 1 amide bonds. The second-order valence-electron chi connectivity index (χ2n) is 7.68. The number of fused-ring (bicyclic) bond motifs is 1. The van der Waals surface area contributed by atoms with E-state index in [1.54, 1.807) is 4.68 Å². The molecule has 2 aromatic carbocycles. The van der Waals surface area contributed by atoms with Crippen molar-refractivity contribution in [3.8, 4) is 11.8 Å². The first kappa shape index (κ1) is 20.5. The molecule has 5 nitrogen and oxygen atoms in total. The number of benzene rings is 2. The van der Waals surface area contributed by atoms with Crippen LogP contribution in [0.4, 0.5) is 0 Å². The van der Waals surface area contributed by atoms with E-state index in [0.29, 0.717) is 11.7 Å². The Morgan fingerprint density at radius 2 is 1.90 bits per heavy atom. The van der Waals surface area contributed by atoms with Crippen LogP contribution in [0.1, 0.15) is 23.2 Å². The molecule has 30 heavy (non-hydrogen) atoms. The van der Waals surface area contributed by atoms with Gasteiger partial charge in [-0.05, 0) is 30.2 Å². The summed E-state index contributed by atoms with van der Waals surface area (Å²) in [4.78, 5) is 16.9. The van der Waals surface area contributed by atoms with E-state index in [4.69, 9.17) is 11.6 Å². The van der Waals surface area contributed by atoms with Crippen LogP contribution in [0.3, 0.4) is 0 Å². The Bertz CT molecular complexity index is 1140. The summed E-state index contributed by atoms with van der Waals surface area (Å²) in [5, 5.41) is 7.28. The smallest absolute Gasteiger partial charge is 0.298 e. The van der Waals surface area contributed by atoms with Crippen molar-refractivity contribution in [3.63, 3.8) is 0 Å². The average molecular weight is 421 g/mol. The summed E-state index contributed by atoms with van der Waals surface area (Å²) in [6, 6.07) is 14.1. The Hall–Kier alpha value is -2.81. The van der Waals surface area contributed by atoms with E-state index in [1.165, 1.54) is 0 Å². The van der Waals surface area contributed by atoms with Crippen molar-refractivity contribution in [2.24, 2.45) is 7.05 Å². The monoisotopic (exact) mass is 420 g/mol. The number of nitrogens with zero attached hydrogens (tertiary/aromatic N) is 4. The minimum atomic E-state index is -0.111. The van der Waals surface area contributed by atoms with Gasteiger partial charge < -0.3 is 4.90 Å². The van der Waals surface area contributed by atoms with Gasteiger partial charge in [0.15, 0.2) is 0 Å². The van der Waals surface area contributed by atoms with Crippen LogP contribution in [0.5, 0.6) is 0 Å². The number of rotatable bonds is 2. The maximum Gasteiger partial charge on any atom is 0.298 e. The minimum absolute atomic E-state index is 0.111. The maximum atomic E-state index is 12.7. The van der Waals surface area contributed by atoms with Crippen LogP contribution in [0.2, 0.25) is 5.15 Å². The molecule has 4 rings (SSSR count). The van der Waals surface area contributed by atoms with Crippen LogP contribution in [-0.4, -0.2) is 51.7 Å². The predicted molar refractivity (Wildman–Crippen MR) is 120 cm³/mol. The zero-order valence-corrected chi connectivity index (χ0v) is 18.1. The molecule has 0 saturated carbocycles. The standard InChI is InChI=1S/C24H25ClN4O/c1-18-22(24(25)27(2)26-18)17-28-13-6-14-29(16-15-28)23(30)12-11-20-9-5-8-19-7-3-4-10-21(19)20/h3-5,7-10H,6,13-17H2,1-2H3. The predicted octanol–water partition coefficient (Wildman–Crippen LogP) is 3.62. The first-order valence-electron chi connectivity index (χ1n) is 10.2. The van der Waals surface area contributed by atoms with E-state index in [9.17, 15) is 4.79 Å². The molecule has 2 heterocycles. The highest BCUT2D eigenvalue weighted by atomic mass is 35.5. The van der Waals surface area contributed by atoms with E-state index in [-0.39, 0.29) is 5.91 Å². The quantitative estimate of drug-likeness (QED) is 0.594. The van der Waals surface area contributed by atoms with E-state index >= 15 is 0 Å². The summed E-state index contributed by atoms with van der Waals surface area (Å²) < 4.78 is 1.71. The molecule has 1 aliphatic rings. The van der Waals surface area contributed by atoms with E-state index in [1.807, 2.05) is 49.2 Å². The largest absolute Gasteiger partial charge is 0.331 e. The topological polar surface area (TPSA) is 41.4 Å². The van der Waals surface area contributed by atoms with Gasteiger partial charge in [-0.25, -0.2) is 0 Å². The fraction of sp³-hybridized carbons (Fsp3) is 0.333. The molecule has 0 radical (unpaired) electrons. The van der Waals surface area contributed by atoms with Crippen molar-refractivity contribution in [1.29, 1.82) is 0 Å². The van der Waals surface area contributed by atoms with Crippen molar-refractivity contribution >= 4 is 28.3 Å². The fourth-order valence-corrected chi connectivity index (χ4v) is 4.18. The van der Waals surface area contributed by atoms with Crippen LogP contribution < -0.4 is 0 Å². The van der Waals surface area contributed by atoms with Gasteiger partial charge in [0.25, 0.3) is 5.91 Å². The molecule has 154 valence electrons. The van der Waals surface area contributed by atoms with Crippen LogP contribution >= 0.6 is 11.6 Å². The van der Waals surface area contributed by atoms with Gasteiger partial charge in [-0.2, -0.15) is 5.10 Å². The van der Waals surface area contributed by atoms with Crippen LogP contribution in [0, 0.1) is 18.8 Å². The van der Waals surface area contributed by atoms with Gasteiger partial charge >= 0.3 is 0 Å². The second kappa shape index (κ2) is 8.91. The highest BCUT2D eigenvalue weighted by Gasteiger charge is 2.20. The number of amides is 1. The van der Waals surface area contributed by atoms with Gasteiger partial charge in [-0.1, -0.05) is 53.9 Å². The number of hydrogen-bond donors (Lipinski definition) is 0. The van der Waals surface area contributed by atoms with Crippen molar-refractivity contribution in [3.05, 3.63) is 64.4 Å².